The molecule has 124 valence electrons. The molecule has 2 rings (SSSR count). The van der Waals surface area contributed by atoms with Gasteiger partial charge in [-0.1, -0.05) is 19.1 Å². The molecule has 0 aliphatic carbocycles. The highest BCUT2D eigenvalue weighted by molar-refractivity contribution is 6.07. The number of hydrogen-bond acceptors (Lipinski definition) is 4. The lowest BCUT2D eigenvalue weighted by molar-refractivity contribution is -0.138. The Morgan fingerprint density at radius 2 is 1.91 bits per heavy atom. The summed E-state index contributed by atoms with van der Waals surface area (Å²) >= 11 is 0. The number of nitrogens with zero attached hydrogens (tertiary/aromatic N) is 1. The van der Waals surface area contributed by atoms with Crippen LogP contribution in [-0.4, -0.2) is 41.1 Å². The second kappa shape index (κ2) is 6.68. The quantitative estimate of drug-likeness (QED) is 0.746. The normalized spacial score (nSPS) is 20.5. The minimum atomic E-state index is -1.15. The fourth-order valence-electron chi connectivity index (χ4n) is 2.68. The molecule has 0 saturated carbocycles. The highest BCUT2D eigenvalue weighted by Gasteiger charge is 2.51. The number of carboxylic acids is 1. The first-order chi connectivity index (χ1) is 10.9. The second-order valence-electron chi connectivity index (χ2n) is 5.25. The van der Waals surface area contributed by atoms with Gasteiger partial charge in [0.05, 0.1) is 13.0 Å². The van der Waals surface area contributed by atoms with E-state index < -0.39 is 23.4 Å². The molecule has 1 aromatic rings. The topological polar surface area (TPSA) is 95.9 Å². The van der Waals surface area contributed by atoms with E-state index in [0.29, 0.717) is 24.3 Å². The summed E-state index contributed by atoms with van der Waals surface area (Å²) in [6.07, 6.45) is 0.0946. The van der Waals surface area contributed by atoms with E-state index in [4.69, 9.17) is 9.84 Å². The summed E-state index contributed by atoms with van der Waals surface area (Å²) in [5.74, 6) is -0.793. The maximum atomic E-state index is 12.7. The van der Waals surface area contributed by atoms with E-state index in [1.807, 2.05) is 6.92 Å². The SMILES string of the molecule is CCOc1ccc(C2(CC)NC(=O)N(CCC(=O)O)C2=O)cc1. The standard InChI is InChI=1S/C16H20N2O5/c1-3-16(11-5-7-12(8-6-11)23-4-2)14(21)18(15(22)17-16)10-9-13(19)20/h5-8H,3-4,9-10H2,1-2H3,(H,17,22)(H,19,20). The van der Waals surface area contributed by atoms with Gasteiger partial charge in [0.2, 0.25) is 0 Å². The summed E-state index contributed by atoms with van der Waals surface area (Å²) in [6, 6.07) is 6.42. The number of imide groups is 1. The lowest BCUT2D eigenvalue weighted by Crippen LogP contribution is -2.43. The third-order valence-corrected chi connectivity index (χ3v) is 3.91. The Morgan fingerprint density at radius 3 is 2.43 bits per heavy atom. The predicted molar refractivity (Wildman–Crippen MR) is 82.1 cm³/mol. The Kier molecular flexibility index (Phi) is 4.88. The van der Waals surface area contributed by atoms with E-state index in [1.165, 1.54) is 0 Å². The molecule has 1 saturated heterocycles. The Labute approximate surface area is 134 Å². The molecule has 0 spiro atoms. The third-order valence-electron chi connectivity index (χ3n) is 3.91. The Bertz CT molecular complexity index is 613. The first-order valence-corrected chi connectivity index (χ1v) is 7.53. The lowest BCUT2D eigenvalue weighted by atomic mass is 9.87. The van der Waals surface area contributed by atoms with Gasteiger partial charge in [-0.3, -0.25) is 14.5 Å². The van der Waals surface area contributed by atoms with Gasteiger partial charge < -0.3 is 15.2 Å². The number of carboxylic acid groups (broad SMARTS) is 1. The molecular formula is C16H20N2O5. The van der Waals surface area contributed by atoms with E-state index in [9.17, 15) is 14.4 Å². The van der Waals surface area contributed by atoms with Crippen LogP contribution >= 0.6 is 0 Å². The number of hydrogen-bond donors (Lipinski definition) is 2. The van der Waals surface area contributed by atoms with Crippen LogP contribution in [0.2, 0.25) is 0 Å². The van der Waals surface area contributed by atoms with Crippen LogP contribution in [-0.2, 0) is 15.1 Å². The van der Waals surface area contributed by atoms with Gasteiger partial charge in [-0.25, -0.2) is 4.79 Å². The molecule has 7 heteroatoms. The van der Waals surface area contributed by atoms with Crippen LogP contribution in [0.15, 0.2) is 24.3 Å². The fraction of sp³-hybridized carbons (Fsp3) is 0.438. The molecule has 0 bridgehead atoms. The monoisotopic (exact) mass is 320 g/mol. The molecule has 1 aromatic carbocycles. The van der Waals surface area contributed by atoms with E-state index >= 15 is 0 Å². The summed E-state index contributed by atoms with van der Waals surface area (Å²) in [5.41, 5.74) is -0.500. The van der Waals surface area contributed by atoms with Crippen molar-refractivity contribution in [1.82, 2.24) is 10.2 Å². The van der Waals surface area contributed by atoms with Crippen molar-refractivity contribution in [3.63, 3.8) is 0 Å². The average Bonchev–Trinajstić information content (AvgIpc) is 2.78. The van der Waals surface area contributed by atoms with Crippen LogP contribution in [0, 0.1) is 0 Å². The number of urea groups is 1. The Hall–Kier alpha value is -2.57. The van der Waals surface area contributed by atoms with E-state index in [0.717, 1.165) is 4.90 Å². The van der Waals surface area contributed by atoms with Crippen LogP contribution < -0.4 is 10.1 Å². The Morgan fingerprint density at radius 1 is 1.26 bits per heavy atom. The van der Waals surface area contributed by atoms with Gasteiger partial charge in [-0.15, -0.1) is 0 Å². The molecule has 1 aliphatic rings. The average molecular weight is 320 g/mol. The summed E-state index contributed by atoms with van der Waals surface area (Å²) in [4.78, 5) is 36.5. The number of aliphatic carboxylic acids is 1. The van der Waals surface area contributed by atoms with Crippen molar-refractivity contribution >= 4 is 17.9 Å². The molecule has 2 N–H and O–H groups in total. The third kappa shape index (κ3) is 3.13. The summed E-state index contributed by atoms with van der Waals surface area (Å²) in [5, 5.41) is 11.5. The molecule has 3 amide bonds. The maximum absolute atomic E-state index is 12.7. The van der Waals surface area contributed by atoms with Gasteiger partial charge in [-0.2, -0.15) is 0 Å². The first kappa shape index (κ1) is 16.8. The predicted octanol–water partition coefficient (Wildman–Crippen LogP) is 1.72. The molecule has 1 atom stereocenters. The number of nitrogens with one attached hydrogen (secondary N) is 1. The molecule has 0 aromatic heterocycles. The van der Waals surface area contributed by atoms with Crippen LogP contribution in [0.3, 0.4) is 0 Å². The lowest BCUT2D eigenvalue weighted by Gasteiger charge is -2.26. The van der Waals surface area contributed by atoms with E-state index in [1.54, 1.807) is 31.2 Å². The number of rotatable bonds is 7. The number of ether oxygens (including phenoxy) is 1. The molecule has 0 radical (unpaired) electrons. The molecular weight excluding hydrogens is 300 g/mol. The summed E-state index contributed by atoms with van der Waals surface area (Å²) in [6.45, 7) is 4.08. The van der Waals surface area contributed by atoms with Gasteiger partial charge in [-0.05, 0) is 31.0 Å². The number of carbonyl (C=O) groups is 3. The first-order valence-electron chi connectivity index (χ1n) is 7.53. The highest BCUT2D eigenvalue weighted by Crippen LogP contribution is 2.33. The molecule has 1 heterocycles. The van der Waals surface area contributed by atoms with Gasteiger partial charge in [0.15, 0.2) is 0 Å². The van der Waals surface area contributed by atoms with Gasteiger partial charge in [0, 0.05) is 6.54 Å². The van der Waals surface area contributed by atoms with Gasteiger partial charge >= 0.3 is 12.0 Å². The molecule has 23 heavy (non-hydrogen) atoms. The molecule has 1 fully saturated rings. The van der Waals surface area contributed by atoms with Crippen LogP contribution in [0.25, 0.3) is 0 Å². The summed E-state index contributed by atoms with van der Waals surface area (Å²) < 4.78 is 5.38. The molecule has 1 unspecified atom stereocenters. The van der Waals surface area contributed by atoms with Crippen molar-refractivity contribution in [2.75, 3.05) is 13.2 Å². The highest BCUT2D eigenvalue weighted by atomic mass is 16.5. The zero-order chi connectivity index (χ0) is 17.0. The minimum absolute atomic E-state index is 0.140. The van der Waals surface area contributed by atoms with E-state index in [-0.39, 0.29) is 13.0 Å². The van der Waals surface area contributed by atoms with Gasteiger partial charge in [0.1, 0.15) is 11.3 Å². The van der Waals surface area contributed by atoms with Crippen molar-refractivity contribution in [2.24, 2.45) is 0 Å². The van der Waals surface area contributed by atoms with Crippen molar-refractivity contribution < 1.29 is 24.2 Å². The van der Waals surface area contributed by atoms with Crippen molar-refractivity contribution in [3.05, 3.63) is 29.8 Å². The zero-order valence-electron chi connectivity index (χ0n) is 13.2. The number of carbonyl (C=O) groups excluding carboxylic acids is 2. The zero-order valence-corrected chi connectivity index (χ0v) is 13.2. The summed E-state index contributed by atoms with van der Waals surface area (Å²) in [7, 11) is 0. The minimum Gasteiger partial charge on any atom is -0.494 e. The van der Waals surface area contributed by atoms with E-state index in [2.05, 4.69) is 5.32 Å². The Balaban J connectivity index is 2.28. The largest absolute Gasteiger partial charge is 0.494 e. The number of amides is 3. The van der Waals surface area contributed by atoms with Crippen LogP contribution in [0.1, 0.15) is 32.3 Å². The molecule has 7 nitrogen and oxygen atoms in total. The van der Waals surface area contributed by atoms with Crippen LogP contribution in [0.4, 0.5) is 4.79 Å². The second-order valence-corrected chi connectivity index (χ2v) is 5.25. The number of benzene rings is 1. The van der Waals surface area contributed by atoms with Crippen molar-refractivity contribution in [3.8, 4) is 5.75 Å². The smallest absolute Gasteiger partial charge is 0.325 e. The van der Waals surface area contributed by atoms with Crippen molar-refractivity contribution in [1.29, 1.82) is 0 Å². The molecule has 1 aliphatic heterocycles. The van der Waals surface area contributed by atoms with Crippen molar-refractivity contribution in [2.45, 2.75) is 32.2 Å². The maximum Gasteiger partial charge on any atom is 0.325 e. The van der Waals surface area contributed by atoms with Gasteiger partial charge in [0.25, 0.3) is 5.91 Å². The fourth-order valence-corrected chi connectivity index (χ4v) is 2.68. The van der Waals surface area contributed by atoms with Crippen LogP contribution in [0.5, 0.6) is 5.75 Å².